The lowest BCUT2D eigenvalue weighted by Gasteiger charge is -2.35. The highest BCUT2D eigenvalue weighted by molar-refractivity contribution is 5.37. The molecule has 1 fully saturated rings. The molecule has 2 N–H and O–H groups in total. The highest BCUT2D eigenvalue weighted by Gasteiger charge is 2.23. The van der Waals surface area contributed by atoms with Gasteiger partial charge in [-0.25, -0.2) is 4.39 Å². The number of piperidine rings is 1. The Morgan fingerprint density at radius 3 is 2.62 bits per heavy atom. The van der Waals surface area contributed by atoms with Gasteiger partial charge in [0.05, 0.1) is 7.11 Å². The van der Waals surface area contributed by atoms with Crippen LogP contribution < -0.4 is 10.5 Å². The van der Waals surface area contributed by atoms with Crippen LogP contribution in [0.4, 0.5) is 4.39 Å². The van der Waals surface area contributed by atoms with Crippen molar-refractivity contribution < 1.29 is 9.13 Å². The third-order valence-electron chi connectivity index (χ3n) is 4.30. The second-order valence-corrected chi connectivity index (χ2v) is 6.46. The maximum atomic E-state index is 14.0. The Hall–Kier alpha value is -1.13. The monoisotopic (exact) mass is 294 g/mol. The number of nitrogens with two attached hydrogens (primary N) is 1. The standard InChI is InChI=1S/C17H27FN2O/c1-12-9-13(2)11-20(10-12)8-7-15(19)17-14(18)5-4-6-16(17)21-3/h4-6,12-13,15H,7-11,19H2,1-3H3. The Kier molecular flexibility index (Phi) is 5.59. The van der Waals surface area contributed by atoms with Crippen LogP contribution in [-0.2, 0) is 0 Å². The van der Waals surface area contributed by atoms with Crippen molar-refractivity contribution in [1.29, 1.82) is 0 Å². The number of nitrogens with zero attached hydrogens (tertiary/aromatic N) is 1. The van der Waals surface area contributed by atoms with E-state index < -0.39 is 0 Å². The van der Waals surface area contributed by atoms with Gasteiger partial charge in [-0.05, 0) is 43.4 Å². The molecule has 118 valence electrons. The Morgan fingerprint density at radius 1 is 1.33 bits per heavy atom. The zero-order valence-corrected chi connectivity index (χ0v) is 13.3. The molecular formula is C17H27FN2O. The van der Waals surface area contributed by atoms with E-state index in [4.69, 9.17) is 10.5 Å². The summed E-state index contributed by atoms with van der Waals surface area (Å²) < 4.78 is 19.2. The van der Waals surface area contributed by atoms with E-state index in [0.717, 1.165) is 37.9 Å². The van der Waals surface area contributed by atoms with Crippen molar-refractivity contribution in [1.82, 2.24) is 4.90 Å². The van der Waals surface area contributed by atoms with Crippen molar-refractivity contribution >= 4 is 0 Å². The highest BCUT2D eigenvalue weighted by atomic mass is 19.1. The third kappa shape index (κ3) is 4.17. The molecule has 21 heavy (non-hydrogen) atoms. The molecular weight excluding hydrogens is 267 g/mol. The van der Waals surface area contributed by atoms with Crippen LogP contribution in [0.1, 0.15) is 38.3 Å². The van der Waals surface area contributed by atoms with Gasteiger partial charge in [-0.15, -0.1) is 0 Å². The second kappa shape index (κ2) is 7.23. The number of halogens is 1. The molecule has 3 atom stereocenters. The minimum absolute atomic E-state index is 0.276. The molecule has 3 unspecified atom stereocenters. The van der Waals surface area contributed by atoms with Crippen molar-refractivity contribution in [2.75, 3.05) is 26.7 Å². The van der Waals surface area contributed by atoms with E-state index in [-0.39, 0.29) is 11.9 Å². The Balaban J connectivity index is 1.97. The predicted octanol–water partition coefficient (Wildman–Crippen LogP) is 3.20. The lowest BCUT2D eigenvalue weighted by atomic mass is 9.91. The lowest BCUT2D eigenvalue weighted by Crippen LogP contribution is -2.40. The van der Waals surface area contributed by atoms with E-state index in [1.54, 1.807) is 19.2 Å². The van der Waals surface area contributed by atoms with Gasteiger partial charge in [0.15, 0.2) is 0 Å². The molecule has 1 aromatic carbocycles. The van der Waals surface area contributed by atoms with E-state index in [0.29, 0.717) is 11.3 Å². The van der Waals surface area contributed by atoms with E-state index >= 15 is 0 Å². The number of rotatable bonds is 5. The van der Waals surface area contributed by atoms with Gasteiger partial charge in [0, 0.05) is 24.7 Å². The average molecular weight is 294 g/mol. The fourth-order valence-corrected chi connectivity index (χ4v) is 3.50. The fourth-order valence-electron chi connectivity index (χ4n) is 3.50. The zero-order chi connectivity index (χ0) is 15.4. The number of hydrogen-bond donors (Lipinski definition) is 1. The number of hydrogen-bond acceptors (Lipinski definition) is 3. The van der Waals surface area contributed by atoms with Crippen LogP contribution in [0.3, 0.4) is 0 Å². The summed E-state index contributed by atoms with van der Waals surface area (Å²) in [6, 6.07) is 4.54. The van der Waals surface area contributed by atoms with Gasteiger partial charge >= 0.3 is 0 Å². The maximum Gasteiger partial charge on any atom is 0.131 e. The molecule has 1 aliphatic heterocycles. The summed E-state index contributed by atoms with van der Waals surface area (Å²) in [5.41, 5.74) is 6.71. The van der Waals surface area contributed by atoms with Crippen LogP contribution >= 0.6 is 0 Å². The van der Waals surface area contributed by atoms with Gasteiger partial charge in [-0.1, -0.05) is 19.9 Å². The van der Waals surface area contributed by atoms with Gasteiger partial charge in [-0.3, -0.25) is 0 Å². The zero-order valence-electron chi connectivity index (χ0n) is 13.3. The third-order valence-corrected chi connectivity index (χ3v) is 4.30. The predicted molar refractivity (Wildman–Crippen MR) is 83.9 cm³/mol. The molecule has 0 saturated carbocycles. The minimum Gasteiger partial charge on any atom is -0.496 e. The molecule has 1 aliphatic rings. The topological polar surface area (TPSA) is 38.5 Å². The van der Waals surface area contributed by atoms with Crippen LogP contribution in [0, 0.1) is 17.7 Å². The Labute approximate surface area is 127 Å². The lowest BCUT2D eigenvalue weighted by molar-refractivity contribution is 0.137. The summed E-state index contributed by atoms with van der Waals surface area (Å²) in [5, 5.41) is 0. The van der Waals surface area contributed by atoms with Crippen LogP contribution in [0.5, 0.6) is 5.75 Å². The molecule has 0 bridgehead atoms. The molecule has 0 aliphatic carbocycles. The van der Waals surface area contributed by atoms with Crippen LogP contribution in [0.2, 0.25) is 0 Å². The van der Waals surface area contributed by atoms with E-state index in [2.05, 4.69) is 18.7 Å². The second-order valence-electron chi connectivity index (χ2n) is 6.46. The SMILES string of the molecule is COc1cccc(F)c1C(N)CCN1CC(C)CC(C)C1. The van der Waals surface area contributed by atoms with Crippen molar-refractivity contribution in [2.24, 2.45) is 17.6 Å². The molecule has 4 heteroatoms. The van der Waals surface area contributed by atoms with Gasteiger partial charge < -0.3 is 15.4 Å². The van der Waals surface area contributed by atoms with E-state index in [1.807, 2.05) is 0 Å². The van der Waals surface area contributed by atoms with E-state index in [9.17, 15) is 4.39 Å². The Bertz CT molecular complexity index is 456. The molecule has 2 rings (SSSR count). The number of ether oxygens (including phenoxy) is 1. The van der Waals surface area contributed by atoms with Crippen LogP contribution in [0.15, 0.2) is 18.2 Å². The quantitative estimate of drug-likeness (QED) is 0.906. The Morgan fingerprint density at radius 2 is 2.00 bits per heavy atom. The minimum atomic E-state index is -0.325. The van der Waals surface area contributed by atoms with Crippen molar-refractivity contribution in [3.63, 3.8) is 0 Å². The summed E-state index contributed by atoms with van der Waals surface area (Å²) in [6.07, 6.45) is 2.04. The molecule has 0 aromatic heterocycles. The molecule has 0 radical (unpaired) electrons. The first-order valence-electron chi connectivity index (χ1n) is 7.81. The van der Waals surface area contributed by atoms with Crippen molar-refractivity contribution in [3.05, 3.63) is 29.6 Å². The first-order chi connectivity index (χ1) is 10.0. The van der Waals surface area contributed by atoms with Crippen LogP contribution in [-0.4, -0.2) is 31.6 Å². The molecule has 3 nitrogen and oxygen atoms in total. The molecule has 1 saturated heterocycles. The maximum absolute atomic E-state index is 14.0. The number of likely N-dealkylation sites (tertiary alicyclic amines) is 1. The van der Waals surface area contributed by atoms with Gasteiger partial charge in [0.25, 0.3) is 0 Å². The molecule has 0 amide bonds. The highest BCUT2D eigenvalue weighted by Crippen LogP contribution is 2.29. The molecule has 0 spiro atoms. The average Bonchev–Trinajstić information content (AvgIpc) is 2.43. The first kappa shape index (κ1) is 16.2. The van der Waals surface area contributed by atoms with Crippen molar-refractivity contribution in [2.45, 2.75) is 32.7 Å². The van der Waals surface area contributed by atoms with Crippen molar-refractivity contribution in [3.8, 4) is 5.75 Å². The van der Waals surface area contributed by atoms with Gasteiger partial charge in [0.2, 0.25) is 0 Å². The van der Waals surface area contributed by atoms with E-state index in [1.165, 1.54) is 12.5 Å². The summed E-state index contributed by atoms with van der Waals surface area (Å²) in [5.74, 6) is 1.73. The van der Waals surface area contributed by atoms with Gasteiger partial charge in [-0.2, -0.15) is 0 Å². The fraction of sp³-hybridized carbons (Fsp3) is 0.647. The normalized spacial score (nSPS) is 24.8. The number of methoxy groups -OCH3 is 1. The summed E-state index contributed by atoms with van der Waals surface area (Å²) in [6.45, 7) is 7.73. The summed E-state index contributed by atoms with van der Waals surface area (Å²) in [7, 11) is 1.55. The smallest absolute Gasteiger partial charge is 0.131 e. The molecule has 1 aromatic rings. The molecule has 1 heterocycles. The summed E-state index contributed by atoms with van der Waals surface area (Å²) in [4.78, 5) is 2.45. The number of benzene rings is 1. The summed E-state index contributed by atoms with van der Waals surface area (Å²) >= 11 is 0. The first-order valence-corrected chi connectivity index (χ1v) is 7.81. The largest absolute Gasteiger partial charge is 0.496 e. The van der Waals surface area contributed by atoms with Gasteiger partial charge in [0.1, 0.15) is 11.6 Å². The van der Waals surface area contributed by atoms with Crippen LogP contribution in [0.25, 0.3) is 0 Å².